The summed E-state index contributed by atoms with van der Waals surface area (Å²) in [5.74, 6) is 0. The Morgan fingerprint density at radius 3 is 0.917 bits per heavy atom. The lowest BCUT2D eigenvalue weighted by Crippen LogP contribution is -2.30. The average Bonchev–Trinajstić information content (AvgIpc) is 1.57. The molecule has 0 unspecified atom stereocenters. The Hall–Kier alpha value is -9.70. The summed E-state index contributed by atoms with van der Waals surface area (Å²) >= 11 is 4.57. The van der Waals surface area contributed by atoms with E-state index in [-0.39, 0.29) is 10.8 Å². The van der Waals surface area contributed by atoms with Crippen LogP contribution in [-0.4, -0.2) is 30.9 Å². The summed E-state index contributed by atoms with van der Waals surface area (Å²) in [7, 11) is -1.51. The number of hydrogen-bond donors (Lipinski definition) is 4. The van der Waals surface area contributed by atoms with E-state index in [4.69, 9.17) is 11.5 Å². The Balaban J connectivity index is 0.000000158. The molecule has 0 fully saturated rings. The number of nitrogens with two attached hydrogens (primary N) is 2. The van der Waals surface area contributed by atoms with Crippen LogP contribution in [0.15, 0.2) is 279 Å². The molecule has 3 heterocycles. The highest BCUT2D eigenvalue weighted by Gasteiger charge is 2.27. The topological polar surface area (TPSA) is 107 Å². The van der Waals surface area contributed by atoms with Gasteiger partial charge in [-0.3, -0.25) is 0 Å². The van der Waals surface area contributed by atoms with Crippen molar-refractivity contribution in [2.75, 3.05) is 11.5 Å². The second kappa shape index (κ2) is 24.8. The van der Waals surface area contributed by atoms with E-state index in [1.807, 2.05) is 60.7 Å². The van der Waals surface area contributed by atoms with Crippen molar-refractivity contribution in [1.82, 2.24) is 13.7 Å². The zero-order valence-electron chi connectivity index (χ0n) is 54.3. The number of anilines is 2. The summed E-state index contributed by atoms with van der Waals surface area (Å²) in [5, 5.41) is 33.5. The predicted molar refractivity (Wildman–Crippen MR) is 427 cm³/mol. The molecule has 468 valence electrons. The molecule has 3 aromatic heterocycles. The Morgan fingerprint density at radius 1 is 0.292 bits per heavy atom. The van der Waals surface area contributed by atoms with Crippen LogP contribution < -0.4 is 16.9 Å². The Kier molecular flexibility index (Phi) is 16.1. The number of aromatic nitrogens is 3. The predicted octanol–water partition coefficient (Wildman–Crippen LogP) is 21.8. The fraction of sp³-hybridized carbons (Fsp3) is 0.0930. The molecular weight excluding hydrogens is 1400 g/mol. The van der Waals surface area contributed by atoms with E-state index < -0.39 is 7.12 Å². The van der Waals surface area contributed by atoms with Crippen LogP contribution in [0.1, 0.15) is 52.7 Å². The molecule has 14 aromatic carbocycles. The molecule has 17 rings (SSSR count). The Bertz CT molecular complexity index is 5640. The van der Waals surface area contributed by atoms with Gasteiger partial charge >= 0.3 is 7.12 Å². The maximum atomic E-state index is 9.93. The quantitative estimate of drug-likeness (QED) is 0.0756. The lowest BCUT2D eigenvalue weighted by molar-refractivity contribution is 0.426. The second-order valence-corrected chi connectivity index (χ2v) is 29.2. The first-order valence-corrected chi connectivity index (χ1v) is 34.7. The van der Waals surface area contributed by atoms with Crippen molar-refractivity contribution >= 4 is 167 Å². The third-order valence-corrected chi connectivity index (χ3v) is 20.7. The maximum Gasteiger partial charge on any atom is 0.489 e. The van der Waals surface area contributed by atoms with E-state index >= 15 is 0 Å². The number of para-hydroxylation sites is 6. The van der Waals surface area contributed by atoms with Gasteiger partial charge in [-0.05, 0) is 191 Å². The van der Waals surface area contributed by atoms with Gasteiger partial charge in [0.25, 0.3) is 0 Å². The largest absolute Gasteiger partial charge is 0.489 e. The molecule has 10 heteroatoms. The van der Waals surface area contributed by atoms with Crippen molar-refractivity contribution in [2.24, 2.45) is 0 Å². The first-order valence-electron chi connectivity index (χ1n) is 32.5. The first-order chi connectivity index (χ1) is 46.4. The SMILES string of the molecule is CC(C)(C)c1cc(-c2cc3c4ccccc4n(-c4ccccc4)c3c3ccccc23)c(N)c(-c2cc3c4ccccc4n(-c4ccccc4)c3c3ccccc23)c1.CC(C)(C)c1cc(I)c(N)c(I)c1.OB(O)c1cc2c3ccccc3n(-c3ccccc3)c2c2ccccc12. The number of fused-ring (bicyclic) bond motifs is 15. The van der Waals surface area contributed by atoms with E-state index in [0.717, 1.165) is 90.4 Å². The third-order valence-electron chi connectivity index (χ3n) is 18.9. The molecule has 0 saturated heterocycles. The van der Waals surface area contributed by atoms with Crippen molar-refractivity contribution in [1.29, 1.82) is 0 Å². The minimum atomic E-state index is -1.51. The molecule has 6 N–H and O–H groups in total. The molecule has 0 aliphatic rings. The van der Waals surface area contributed by atoms with Crippen molar-refractivity contribution < 1.29 is 10.0 Å². The fourth-order valence-electron chi connectivity index (χ4n) is 14.2. The number of rotatable bonds is 6. The van der Waals surface area contributed by atoms with E-state index in [1.165, 1.54) is 76.3 Å². The van der Waals surface area contributed by atoms with E-state index in [9.17, 15) is 10.0 Å². The number of hydrogen-bond acceptors (Lipinski definition) is 4. The number of nitrogen functional groups attached to an aromatic ring is 2. The smallest absolute Gasteiger partial charge is 0.423 e. The highest BCUT2D eigenvalue weighted by atomic mass is 127. The molecule has 96 heavy (non-hydrogen) atoms. The van der Waals surface area contributed by atoms with Crippen LogP contribution in [0.25, 0.3) is 137 Å². The van der Waals surface area contributed by atoms with Gasteiger partial charge in [0.1, 0.15) is 0 Å². The molecule has 0 aliphatic heterocycles. The van der Waals surface area contributed by atoms with Crippen LogP contribution in [0.2, 0.25) is 0 Å². The Labute approximate surface area is 586 Å². The maximum absolute atomic E-state index is 9.93. The summed E-state index contributed by atoms with van der Waals surface area (Å²) in [6.07, 6.45) is 0. The summed E-state index contributed by atoms with van der Waals surface area (Å²) in [5.41, 5.74) is 33.1. The van der Waals surface area contributed by atoms with Gasteiger partial charge in [-0.1, -0.05) is 230 Å². The molecule has 0 saturated carbocycles. The van der Waals surface area contributed by atoms with E-state index in [2.05, 4.69) is 319 Å². The zero-order valence-corrected chi connectivity index (χ0v) is 58.6. The summed E-state index contributed by atoms with van der Waals surface area (Å²) in [6.45, 7) is 13.5. The van der Waals surface area contributed by atoms with Crippen molar-refractivity contribution in [2.45, 2.75) is 52.4 Å². The minimum absolute atomic E-state index is 0.135. The molecule has 0 aliphatic carbocycles. The van der Waals surface area contributed by atoms with Crippen molar-refractivity contribution in [3.8, 4) is 39.3 Å². The summed E-state index contributed by atoms with van der Waals surface area (Å²) in [6, 6.07) is 98.8. The lowest BCUT2D eigenvalue weighted by Gasteiger charge is -2.24. The molecule has 0 bridgehead atoms. The molecule has 0 spiro atoms. The lowest BCUT2D eigenvalue weighted by atomic mass is 9.76. The monoisotopic (exact) mass is 1470 g/mol. The zero-order chi connectivity index (χ0) is 66.3. The van der Waals surface area contributed by atoms with Gasteiger partial charge in [0, 0.05) is 89.5 Å². The van der Waals surface area contributed by atoms with Gasteiger partial charge in [-0.2, -0.15) is 0 Å². The van der Waals surface area contributed by atoms with Gasteiger partial charge in [-0.15, -0.1) is 0 Å². The molecule has 0 amide bonds. The Morgan fingerprint density at radius 2 is 0.573 bits per heavy atom. The van der Waals surface area contributed by atoms with Crippen LogP contribution in [0.3, 0.4) is 0 Å². The standard InChI is InChI=1S/C54H41N3.C22H16BNO2.C10H13I2N/c1-54(2,3)34-30-45(43-32-47-39-24-14-16-28-49(39)56(35-18-6-4-7-19-35)52(47)41-26-12-10-22-37(41)43)51(55)46(31-34)44-33-48-40-25-15-17-29-50(40)57(36-20-8-5-9-21-36)53(48)42-27-13-11-23-38(42)44;25-23(26)20-14-19-17-11-6-7-13-21(17)24(15-8-2-1-3-9-15)22(19)18-12-5-4-10-16(18)20;1-10(2,3)6-4-7(11)9(13)8(12)5-6/h4-33H,55H2,1-3H3;1-14,25-26H;4-5H,13H2,1-3H3. The van der Waals surface area contributed by atoms with Gasteiger partial charge in [0.05, 0.1) is 38.8 Å². The molecule has 17 aromatic rings. The molecule has 0 atom stereocenters. The van der Waals surface area contributed by atoms with Gasteiger partial charge < -0.3 is 35.2 Å². The van der Waals surface area contributed by atoms with Crippen molar-refractivity contribution in [3.63, 3.8) is 0 Å². The molecular formula is C86H70BI2N5O2. The van der Waals surface area contributed by atoms with Crippen LogP contribution in [-0.2, 0) is 10.8 Å². The molecule has 7 nitrogen and oxygen atoms in total. The van der Waals surface area contributed by atoms with Crippen LogP contribution in [0.4, 0.5) is 11.4 Å². The summed E-state index contributed by atoms with van der Waals surface area (Å²) in [4.78, 5) is 0. The van der Waals surface area contributed by atoms with Crippen LogP contribution >= 0.6 is 45.2 Å². The van der Waals surface area contributed by atoms with Gasteiger partial charge in [0.2, 0.25) is 0 Å². The van der Waals surface area contributed by atoms with Gasteiger partial charge in [0.15, 0.2) is 0 Å². The number of halogens is 2. The van der Waals surface area contributed by atoms with E-state index in [1.54, 1.807) is 0 Å². The minimum Gasteiger partial charge on any atom is -0.423 e. The van der Waals surface area contributed by atoms with Crippen LogP contribution in [0, 0.1) is 7.14 Å². The second-order valence-electron chi connectivity index (χ2n) is 26.9. The van der Waals surface area contributed by atoms with Crippen molar-refractivity contribution in [3.05, 3.63) is 297 Å². The third kappa shape index (κ3) is 10.8. The fourth-order valence-corrected chi connectivity index (χ4v) is 16.0. The average molecular weight is 1470 g/mol. The van der Waals surface area contributed by atoms with E-state index in [0.29, 0.717) is 5.46 Å². The number of nitrogens with zero attached hydrogens (tertiary/aromatic N) is 3. The highest BCUT2D eigenvalue weighted by molar-refractivity contribution is 14.1. The van der Waals surface area contributed by atoms with Gasteiger partial charge in [-0.25, -0.2) is 0 Å². The first kappa shape index (κ1) is 62.4. The summed E-state index contributed by atoms with van der Waals surface area (Å²) < 4.78 is 9.39. The highest BCUT2D eigenvalue weighted by Crippen LogP contribution is 2.49. The normalized spacial score (nSPS) is 11.9. The van der Waals surface area contributed by atoms with Crippen LogP contribution in [0.5, 0.6) is 0 Å². The number of benzene rings is 14. The molecule has 0 radical (unpaired) electrons.